The van der Waals surface area contributed by atoms with Crippen LogP contribution in [0, 0.1) is 12.7 Å². The minimum Gasteiger partial charge on any atom is -0.366 e. The average molecular weight is 324 g/mol. The van der Waals surface area contributed by atoms with Gasteiger partial charge in [-0.2, -0.15) is 0 Å². The molecular weight excluding hydrogens is 309 g/mol. The predicted octanol–water partition coefficient (Wildman–Crippen LogP) is 3.36. The van der Waals surface area contributed by atoms with E-state index >= 15 is 0 Å². The van der Waals surface area contributed by atoms with Gasteiger partial charge in [0.2, 0.25) is 0 Å². The van der Waals surface area contributed by atoms with Crippen LogP contribution in [0.3, 0.4) is 0 Å². The summed E-state index contributed by atoms with van der Waals surface area (Å²) < 4.78 is 14.7. The molecule has 19 heavy (non-hydrogen) atoms. The standard InChI is InChI=1S/C14H15BrFN3/c1-9-12(15)4-5-14(19-9)18-8-11-3-2-10(7-17)6-13(11)16/h2-6H,7-8,17H2,1H3,(H,18,19). The molecule has 0 atom stereocenters. The highest BCUT2D eigenvalue weighted by Gasteiger charge is 2.04. The van der Waals surface area contributed by atoms with Crippen LogP contribution in [0.25, 0.3) is 0 Å². The third kappa shape index (κ3) is 3.52. The van der Waals surface area contributed by atoms with E-state index in [1.54, 1.807) is 6.07 Å². The Hall–Kier alpha value is -1.46. The number of rotatable bonds is 4. The zero-order valence-corrected chi connectivity index (χ0v) is 12.2. The van der Waals surface area contributed by atoms with Crippen molar-refractivity contribution in [1.29, 1.82) is 0 Å². The van der Waals surface area contributed by atoms with Crippen molar-refractivity contribution in [1.82, 2.24) is 4.98 Å². The molecular formula is C14H15BrFN3. The second-order valence-electron chi connectivity index (χ2n) is 4.25. The van der Waals surface area contributed by atoms with Crippen LogP contribution in [-0.4, -0.2) is 4.98 Å². The molecule has 1 aromatic carbocycles. The maximum atomic E-state index is 13.8. The first-order valence-corrected chi connectivity index (χ1v) is 6.74. The highest BCUT2D eigenvalue weighted by Crippen LogP contribution is 2.17. The number of aromatic nitrogens is 1. The highest BCUT2D eigenvalue weighted by molar-refractivity contribution is 9.10. The number of nitrogens with zero attached hydrogens (tertiary/aromatic N) is 1. The van der Waals surface area contributed by atoms with Crippen molar-refractivity contribution in [2.24, 2.45) is 5.73 Å². The molecule has 0 aliphatic heterocycles. The monoisotopic (exact) mass is 323 g/mol. The molecule has 3 N–H and O–H groups in total. The Morgan fingerprint density at radius 3 is 2.74 bits per heavy atom. The number of nitrogens with two attached hydrogens (primary N) is 1. The normalized spacial score (nSPS) is 10.5. The number of nitrogens with one attached hydrogen (secondary N) is 1. The molecule has 0 radical (unpaired) electrons. The van der Waals surface area contributed by atoms with Crippen LogP contribution in [0.5, 0.6) is 0 Å². The van der Waals surface area contributed by atoms with Gasteiger partial charge in [0.05, 0.1) is 5.69 Å². The SMILES string of the molecule is Cc1nc(NCc2ccc(CN)cc2F)ccc1Br. The van der Waals surface area contributed by atoms with Crippen molar-refractivity contribution in [2.45, 2.75) is 20.0 Å². The zero-order valence-electron chi connectivity index (χ0n) is 10.6. The maximum Gasteiger partial charge on any atom is 0.128 e. The molecule has 2 aromatic rings. The lowest BCUT2D eigenvalue weighted by atomic mass is 10.1. The van der Waals surface area contributed by atoms with E-state index in [-0.39, 0.29) is 5.82 Å². The molecule has 0 saturated heterocycles. The summed E-state index contributed by atoms with van der Waals surface area (Å²) in [5, 5.41) is 3.10. The van der Waals surface area contributed by atoms with Gasteiger partial charge >= 0.3 is 0 Å². The maximum absolute atomic E-state index is 13.8. The van der Waals surface area contributed by atoms with Gasteiger partial charge in [0.15, 0.2) is 0 Å². The number of aryl methyl sites for hydroxylation is 1. The summed E-state index contributed by atoms with van der Waals surface area (Å²) in [6.07, 6.45) is 0. The van der Waals surface area contributed by atoms with Crippen molar-refractivity contribution in [3.8, 4) is 0 Å². The fourth-order valence-electron chi connectivity index (χ4n) is 1.69. The van der Waals surface area contributed by atoms with Gasteiger partial charge in [-0.3, -0.25) is 0 Å². The molecule has 1 aromatic heterocycles. The van der Waals surface area contributed by atoms with Gasteiger partial charge in [0.1, 0.15) is 11.6 Å². The quantitative estimate of drug-likeness (QED) is 0.907. The van der Waals surface area contributed by atoms with E-state index in [9.17, 15) is 4.39 Å². The summed E-state index contributed by atoms with van der Waals surface area (Å²) in [7, 11) is 0. The number of benzene rings is 1. The Bertz CT molecular complexity index is 587. The Labute approximate surface area is 120 Å². The average Bonchev–Trinajstić information content (AvgIpc) is 2.41. The largest absolute Gasteiger partial charge is 0.366 e. The van der Waals surface area contributed by atoms with Crippen molar-refractivity contribution in [2.75, 3.05) is 5.32 Å². The van der Waals surface area contributed by atoms with E-state index in [0.717, 1.165) is 21.5 Å². The van der Waals surface area contributed by atoms with Crippen LogP contribution in [0.1, 0.15) is 16.8 Å². The molecule has 1 heterocycles. The topological polar surface area (TPSA) is 50.9 Å². The number of halogens is 2. The highest BCUT2D eigenvalue weighted by atomic mass is 79.9. The summed E-state index contributed by atoms with van der Waals surface area (Å²) in [6.45, 7) is 2.65. The van der Waals surface area contributed by atoms with Crippen LogP contribution in [-0.2, 0) is 13.1 Å². The number of hydrogen-bond donors (Lipinski definition) is 2. The summed E-state index contributed by atoms with van der Waals surface area (Å²) >= 11 is 3.39. The molecule has 5 heteroatoms. The fraction of sp³-hybridized carbons (Fsp3) is 0.214. The van der Waals surface area contributed by atoms with Crippen LogP contribution in [0.4, 0.5) is 10.2 Å². The van der Waals surface area contributed by atoms with Crippen LogP contribution in [0.2, 0.25) is 0 Å². The van der Waals surface area contributed by atoms with E-state index < -0.39 is 0 Å². The van der Waals surface area contributed by atoms with Gasteiger partial charge in [-0.05, 0) is 46.6 Å². The van der Waals surface area contributed by atoms with E-state index in [4.69, 9.17) is 5.73 Å². The third-order valence-electron chi connectivity index (χ3n) is 2.83. The van der Waals surface area contributed by atoms with Gasteiger partial charge in [-0.15, -0.1) is 0 Å². The molecule has 0 amide bonds. The number of hydrogen-bond acceptors (Lipinski definition) is 3. The summed E-state index contributed by atoms with van der Waals surface area (Å²) in [4.78, 5) is 4.35. The number of anilines is 1. The molecule has 0 unspecified atom stereocenters. The smallest absolute Gasteiger partial charge is 0.128 e. The lowest BCUT2D eigenvalue weighted by molar-refractivity contribution is 0.610. The molecule has 100 valence electrons. The van der Waals surface area contributed by atoms with Gasteiger partial charge < -0.3 is 11.1 Å². The van der Waals surface area contributed by atoms with Crippen molar-refractivity contribution >= 4 is 21.7 Å². The zero-order chi connectivity index (χ0) is 13.8. The van der Waals surface area contributed by atoms with E-state index in [1.165, 1.54) is 6.07 Å². The van der Waals surface area contributed by atoms with E-state index in [2.05, 4.69) is 26.2 Å². The molecule has 0 spiro atoms. The lowest BCUT2D eigenvalue weighted by Crippen LogP contribution is -2.05. The van der Waals surface area contributed by atoms with Gasteiger partial charge in [-0.25, -0.2) is 9.37 Å². The molecule has 0 aliphatic rings. The van der Waals surface area contributed by atoms with E-state index in [0.29, 0.717) is 18.7 Å². The molecule has 2 rings (SSSR count). The summed E-state index contributed by atoms with van der Waals surface area (Å²) in [5.41, 5.74) is 7.75. The Kier molecular flexibility index (Phi) is 4.50. The minimum atomic E-state index is -0.246. The molecule has 3 nitrogen and oxygen atoms in total. The number of pyridine rings is 1. The van der Waals surface area contributed by atoms with Crippen LogP contribution < -0.4 is 11.1 Å². The van der Waals surface area contributed by atoms with Gasteiger partial charge in [0, 0.05) is 23.1 Å². The Morgan fingerprint density at radius 1 is 1.32 bits per heavy atom. The van der Waals surface area contributed by atoms with E-state index in [1.807, 2.05) is 25.1 Å². The van der Waals surface area contributed by atoms with Crippen LogP contribution >= 0.6 is 15.9 Å². The van der Waals surface area contributed by atoms with Crippen LogP contribution in [0.15, 0.2) is 34.8 Å². The van der Waals surface area contributed by atoms with Crippen molar-refractivity contribution in [3.63, 3.8) is 0 Å². The Morgan fingerprint density at radius 2 is 2.11 bits per heavy atom. The predicted molar refractivity (Wildman–Crippen MR) is 78.3 cm³/mol. The first-order chi connectivity index (χ1) is 9.10. The fourth-order valence-corrected chi connectivity index (χ4v) is 1.91. The molecule has 0 aliphatic carbocycles. The second-order valence-corrected chi connectivity index (χ2v) is 5.10. The lowest BCUT2D eigenvalue weighted by Gasteiger charge is -2.09. The first-order valence-electron chi connectivity index (χ1n) is 5.94. The van der Waals surface area contributed by atoms with Crippen molar-refractivity contribution in [3.05, 3.63) is 57.4 Å². The first kappa shape index (κ1) is 14.0. The third-order valence-corrected chi connectivity index (χ3v) is 3.67. The summed E-state index contributed by atoms with van der Waals surface area (Å²) in [5.74, 6) is 0.479. The second kappa shape index (κ2) is 6.12. The molecule has 0 fully saturated rings. The summed E-state index contributed by atoms with van der Waals surface area (Å²) in [6, 6.07) is 8.82. The minimum absolute atomic E-state index is 0.246. The molecule has 0 bridgehead atoms. The molecule has 0 saturated carbocycles. The van der Waals surface area contributed by atoms with Gasteiger partial charge in [0.25, 0.3) is 0 Å². The van der Waals surface area contributed by atoms with Gasteiger partial charge in [-0.1, -0.05) is 12.1 Å². The van der Waals surface area contributed by atoms with Crippen molar-refractivity contribution < 1.29 is 4.39 Å². The Balaban J connectivity index is 2.07.